The molecule has 2 aromatic rings. The molecule has 5 nitrogen and oxygen atoms in total. The summed E-state index contributed by atoms with van der Waals surface area (Å²) in [7, 11) is 0. The lowest BCUT2D eigenvalue weighted by Gasteiger charge is -2.15. The minimum absolute atomic E-state index is 0.0640. The van der Waals surface area contributed by atoms with Crippen molar-refractivity contribution in [2.24, 2.45) is 4.99 Å². The van der Waals surface area contributed by atoms with Gasteiger partial charge in [0, 0.05) is 18.5 Å². The summed E-state index contributed by atoms with van der Waals surface area (Å²) in [5.74, 6) is -2.38. The Morgan fingerprint density at radius 1 is 1.17 bits per heavy atom. The van der Waals surface area contributed by atoms with E-state index < -0.39 is 22.8 Å². The highest BCUT2D eigenvalue weighted by Gasteiger charge is 2.46. The Balaban J connectivity index is 1.50. The van der Waals surface area contributed by atoms with Crippen molar-refractivity contribution in [3.05, 3.63) is 58.1 Å². The maximum atomic E-state index is 13.8. The number of thioether (sulfide) groups is 1. The summed E-state index contributed by atoms with van der Waals surface area (Å²) in [5.41, 5.74) is 0.407. The Bertz CT molecular complexity index is 1060. The second-order valence-corrected chi connectivity index (χ2v) is 8.90. The molecule has 0 spiro atoms. The number of rotatable bonds is 5. The highest BCUT2D eigenvalue weighted by atomic mass is 35.5. The number of nitrogens with one attached hydrogen (secondary N) is 1. The zero-order valence-electron chi connectivity index (χ0n) is 15.4. The second kappa shape index (κ2) is 8.53. The van der Waals surface area contributed by atoms with Gasteiger partial charge in [0.1, 0.15) is 16.9 Å². The van der Waals surface area contributed by atoms with Gasteiger partial charge in [0.15, 0.2) is 5.17 Å². The van der Waals surface area contributed by atoms with Gasteiger partial charge in [-0.15, -0.1) is 0 Å². The smallest absolute Gasteiger partial charge is 0.242 e. The van der Waals surface area contributed by atoms with Gasteiger partial charge in [-0.2, -0.15) is 0 Å². The Kier molecular flexibility index (Phi) is 5.99. The fourth-order valence-electron chi connectivity index (χ4n) is 2.99. The van der Waals surface area contributed by atoms with Crippen LogP contribution >= 0.6 is 35.0 Å². The molecule has 2 aliphatic rings. The van der Waals surface area contributed by atoms with Gasteiger partial charge in [-0.25, -0.2) is 13.8 Å². The molecule has 0 bridgehead atoms. The fourth-order valence-corrected chi connectivity index (χ4v) is 4.49. The summed E-state index contributed by atoms with van der Waals surface area (Å²) in [5, 5.41) is 2.94. The van der Waals surface area contributed by atoms with Crippen molar-refractivity contribution in [3.63, 3.8) is 0 Å². The number of nitrogens with zero attached hydrogens (tertiary/aromatic N) is 2. The Hall–Kier alpha value is -2.16. The van der Waals surface area contributed by atoms with Crippen molar-refractivity contribution in [1.82, 2.24) is 4.90 Å². The average Bonchev–Trinajstić information content (AvgIpc) is 3.47. The molecule has 1 heterocycles. The van der Waals surface area contributed by atoms with Crippen LogP contribution in [0.4, 0.5) is 20.2 Å². The van der Waals surface area contributed by atoms with Crippen LogP contribution in [0.1, 0.15) is 19.3 Å². The monoisotopic (exact) mass is 469 g/mol. The molecule has 1 aliphatic heterocycles. The summed E-state index contributed by atoms with van der Waals surface area (Å²) in [6, 6.07) is 7.84. The molecule has 4 rings (SSSR count). The second-order valence-electron chi connectivity index (χ2n) is 6.92. The number of aliphatic imine (C=N–C) groups is 1. The molecule has 1 aliphatic carbocycles. The van der Waals surface area contributed by atoms with E-state index in [0.29, 0.717) is 27.0 Å². The Morgan fingerprint density at radius 2 is 1.93 bits per heavy atom. The van der Waals surface area contributed by atoms with E-state index in [2.05, 4.69) is 10.3 Å². The number of amides is 2. The van der Waals surface area contributed by atoms with Crippen LogP contribution in [-0.2, 0) is 9.59 Å². The molecule has 10 heteroatoms. The van der Waals surface area contributed by atoms with Crippen molar-refractivity contribution in [2.45, 2.75) is 30.6 Å². The van der Waals surface area contributed by atoms with Crippen LogP contribution in [0.15, 0.2) is 41.4 Å². The third-order valence-corrected chi connectivity index (χ3v) is 6.47. The van der Waals surface area contributed by atoms with Gasteiger partial charge in [0.25, 0.3) is 0 Å². The molecule has 0 aromatic heterocycles. The molecule has 2 aromatic carbocycles. The minimum atomic E-state index is -0.879. The van der Waals surface area contributed by atoms with Crippen molar-refractivity contribution < 1.29 is 18.4 Å². The highest BCUT2D eigenvalue weighted by molar-refractivity contribution is 8.15. The lowest BCUT2D eigenvalue weighted by atomic mass is 10.2. The first-order chi connectivity index (χ1) is 14.3. The SMILES string of the molecule is O=C(CC1SC(=Nc2ccc(Cl)c(Cl)c2)N(C2CC2)C1=O)Nc1ccc(F)cc1F. The van der Waals surface area contributed by atoms with Crippen LogP contribution in [0.3, 0.4) is 0 Å². The predicted octanol–water partition coefficient (Wildman–Crippen LogP) is 5.39. The van der Waals surface area contributed by atoms with Gasteiger partial charge >= 0.3 is 0 Å². The quantitative estimate of drug-likeness (QED) is 0.637. The minimum Gasteiger partial charge on any atom is -0.324 e. The first-order valence-corrected chi connectivity index (χ1v) is 10.7. The topological polar surface area (TPSA) is 61.8 Å². The summed E-state index contributed by atoms with van der Waals surface area (Å²) >= 11 is 13.2. The van der Waals surface area contributed by atoms with Gasteiger partial charge in [-0.05, 0) is 43.2 Å². The number of hydrogen-bond acceptors (Lipinski definition) is 4. The molecule has 1 atom stereocenters. The number of carbonyl (C=O) groups excluding carboxylic acids is 2. The van der Waals surface area contributed by atoms with E-state index in [9.17, 15) is 18.4 Å². The molecule has 156 valence electrons. The van der Waals surface area contributed by atoms with Crippen LogP contribution < -0.4 is 5.32 Å². The summed E-state index contributed by atoms with van der Waals surface area (Å²) < 4.78 is 26.8. The molecule has 1 N–H and O–H groups in total. The third-order valence-electron chi connectivity index (χ3n) is 4.58. The lowest BCUT2D eigenvalue weighted by molar-refractivity contribution is -0.128. The molecule has 30 heavy (non-hydrogen) atoms. The highest BCUT2D eigenvalue weighted by Crippen LogP contribution is 2.40. The van der Waals surface area contributed by atoms with Crippen molar-refractivity contribution in [2.75, 3.05) is 5.32 Å². The molecular formula is C20H15Cl2F2N3O2S. The van der Waals surface area contributed by atoms with E-state index in [1.807, 2.05) is 0 Å². The largest absolute Gasteiger partial charge is 0.324 e. The fraction of sp³-hybridized carbons (Fsp3) is 0.250. The Labute approximate surface area is 185 Å². The number of anilines is 1. The third kappa shape index (κ3) is 4.61. The molecule has 2 fully saturated rings. The number of halogens is 4. The van der Waals surface area contributed by atoms with Crippen LogP contribution in [0, 0.1) is 11.6 Å². The van der Waals surface area contributed by atoms with Gasteiger partial charge in [-0.3, -0.25) is 14.5 Å². The van der Waals surface area contributed by atoms with E-state index in [4.69, 9.17) is 23.2 Å². The lowest BCUT2D eigenvalue weighted by Crippen LogP contribution is -2.35. The number of benzene rings is 2. The summed E-state index contributed by atoms with van der Waals surface area (Å²) in [6.07, 6.45) is 1.57. The van der Waals surface area contributed by atoms with Crippen LogP contribution in [-0.4, -0.2) is 33.2 Å². The Morgan fingerprint density at radius 3 is 2.60 bits per heavy atom. The van der Waals surface area contributed by atoms with Crippen LogP contribution in [0.2, 0.25) is 10.0 Å². The standard InChI is InChI=1S/C20H15Cl2F2N3O2S/c21-13-5-2-11(8-14(13)22)25-20-27(12-3-4-12)19(29)17(30-20)9-18(28)26-16-6-1-10(23)7-15(16)24/h1-2,5-8,12,17H,3-4,9H2,(H,26,28). The number of carbonyl (C=O) groups is 2. The summed E-state index contributed by atoms with van der Waals surface area (Å²) in [4.78, 5) is 31.4. The van der Waals surface area contributed by atoms with E-state index >= 15 is 0 Å². The van der Waals surface area contributed by atoms with E-state index in [1.54, 1.807) is 23.1 Å². The maximum absolute atomic E-state index is 13.8. The van der Waals surface area contributed by atoms with Crippen molar-refractivity contribution in [1.29, 1.82) is 0 Å². The van der Waals surface area contributed by atoms with E-state index in [0.717, 1.165) is 25.0 Å². The van der Waals surface area contributed by atoms with E-state index in [-0.39, 0.29) is 24.1 Å². The van der Waals surface area contributed by atoms with Gasteiger partial charge < -0.3 is 5.32 Å². The van der Waals surface area contributed by atoms with Crippen LogP contribution in [0.25, 0.3) is 0 Å². The van der Waals surface area contributed by atoms with E-state index in [1.165, 1.54) is 11.8 Å². The zero-order chi connectivity index (χ0) is 21.4. The number of hydrogen-bond donors (Lipinski definition) is 1. The van der Waals surface area contributed by atoms with Crippen molar-refractivity contribution in [3.8, 4) is 0 Å². The normalized spacial score (nSPS) is 20.1. The molecule has 1 saturated heterocycles. The molecule has 0 radical (unpaired) electrons. The first-order valence-electron chi connectivity index (χ1n) is 9.10. The summed E-state index contributed by atoms with van der Waals surface area (Å²) in [6.45, 7) is 0. The molecule has 2 amide bonds. The average molecular weight is 470 g/mol. The zero-order valence-corrected chi connectivity index (χ0v) is 17.7. The maximum Gasteiger partial charge on any atom is 0.242 e. The first kappa shape index (κ1) is 21.1. The van der Waals surface area contributed by atoms with Gasteiger partial charge in [0.2, 0.25) is 11.8 Å². The molecular weight excluding hydrogens is 455 g/mol. The van der Waals surface area contributed by atoms with Gasteiger partial charge in [0.05, 0.1) is 21.4 Å². The predicted molar refractivity (Wildman–Crippen MR) is 114 cm³/mol. The van der Waals surface area contributed by atoms with Crippen LogP contribution in [0.5, 0.6) is 0 Å². The van der Waals surface area contributed by atoms with Crippen molar-refractivity contribution >= 4 is 63.3 Å². The molecule has 1 saturated carbocycles. The molecule has 1 unspecified atom stereocenters. The van der Waals surface area contributed by atoms with Gasteiger partial charge in [-0.1, -0.05) is 35.0 Å². The number of amidine groups is 1.